The Labute approximate surface area is 95.8 Å². The number of nitrogens with zero attached hydrogens (tertiary/aromatic N) is 1. The van der Waals surface area contributed by atoms with E-state index < -0.39 is 0 Å². The lowest BCUT2D eigenvalue weighted by Crippen LogP contribution is -2.11. The predicted octanol–water partition coefficient (Wildman–Crippen LogP) is 1.81. The highest BCUT2D eigenvalue weighted by Gasteiger charge is 2.07. The van der Waals surface area contributed by atoms with Gasteiger partial charge in [0.1, 0.15) is 0 Å². The first-order valence-electron chi connectivity index (χ1n) is 5.55. The molecule has 1 aromatic heterocycles. The first-order chi connectivity index (χ1) is 7.74. The number of rotatable bonds is 6. The van der Waals surface area contributed by atoms with Crippen LogP contribution in [0.4, 0.5) is 0 Å². The number of ether oxygens (including phenoxy) is 1. The summed E-state index contributed by atoms with van der Waals surface area (Å²) < 4.78 is 4.84. The van der Waals surface area contributed by atoms with Crippen LogP contribution in [0.3, 0.4) is 0 Å². The van der Waals surface area contributed by atoms with Crippen LogP contribution in [0.2, 0.25) is 0 Å². The van der Waals surface area contributed by atoms with Gasteiger partial charge in [-0.3, -0.25) is 9.78 Å². The fourth-order valence-corrected chi connectivity index (χ4v) is 1.48. The van der Waals surface area contributed by atoms with Crippen molar-refractivity contribution < 1.29 is 9.53 Å². The van der Waals surface area contributed by atoms with Crippen LogP contribution in [0.5, 0.6) is 0 Å². The van der Waals surface area contributed by atoms with Crippen molar-refractivity contribution in [1.29, 1.82) is 0 Å². The van der Waals surface area contributed by atoms with Crippen LogP contribution < -0.4 is 5.73 Å². The van der Waals surface area contributed by atoms with E-state index in [4.69, 9.17) is 10.5 Å². The summed E-state index contributed by atoms with van der Waals surface area (Å²) in [5, 5.41) is 0. The van der Waals surface area contributed by atoms with Crippen molar-refractivity contribution in [3.8, 4) is 0 Å². The number of pyridine rings is 1. The number of carbonyl (C=O) groups is 1. The Kier molecular flexibility index (Phi) is 5.50. The molecule has 1 rings (SSSR count). The van der Waals surface area contributed by atoms with Crippen LogP contribution in [0.25, 0.3) is 0 Å². The van der Waals surface area contributed by atoms with E-state index in [1.54, 1.807) is 19.3 Å². The van der Waals surface area contributed by atoms with Gasteiger partial charge in [-0.05, 0) is 37.5 Å². The molecule has 1 heterocycles. The molecule has 2 N–H and O–H groups in total. The number of nitrogens with two attached hydrogens (primary N) is 1. The second-order valence-electron chi connectivity index (χ2n) is 3.58. The summed E-state index contributed by atoms with van der Waals surface area (Å²) in [6, 6.07) is 3.77. The summed E-state index contributed by atoms with van der Waals surface area (Å²) in [7, 11) is 0. The zero-order valence-electron chi connectivity index (χ0n) is 9.56. The minimum absolute atomic E-state index is 0.0302. The molecule has 0 fully saturated rings. The summed E-state index contributed by atoms with van der Waals surface area (Å²) in [6.07, 6.45) is 5.42. The summed E-state index contributed by atoms with van der Waals surface area (Å²) in [5.41, 5.74) is 7.03. The Morgan fingerprint density at radius 3 is 2.81 bits per heavy atom. The predicted molar refractivity (Wildman–Crippen MR) is 61.6 cm³/mol. The fourth-order valence-electron chi connectivity index (χ4n) is 1.48. The molecule has 0 aliphatic heterocycles. The van der Waals surface area contributed by atoms with E-state index in [2.05, 4.69) is 4.98 Å². The van der Waals surface area contributed by atoms with Crippen LogP contribution >= 0.6 is 0 Å². The molecule has 0 aliphatic rings. The molecule has 4 nitrogen and oxygen atoms in total. The number of aromatic nitrogens is 1. The third-order valence-corrected chi connectivity index (χ3v) is 2.34. The van der Waals surface area contributed by atoms with Crippen molar-refractivity contribution in [2.45, 2.75) is 32.2 Å². The molecule has 4 heteroatoms. The maximum absolute atomic E-state index is 11.1. The number of esters is 1. The van der Waals surface area contributed by atoms with Crippen molar-refractivity contribution in [2.24, 2.45) is 5.73 Å². The Balaban J connectivity index is 2.26. The van der Waals surface area contributed by atoms with Gasteiger partial charge < -0.3 is 10.5 Å². The van der Waals surface area contributed by atoms with Crippen LogP contribution in [0.15, 0.2) is 24.5 Å². The van der Waals surface area contributed by atoms with Gasteiger partial charge in [0, 0.05) is 24.9 Å². The summed E-state index contributed by atoms with van der Waals surface area (Å²) in [5.74, 6) is -0.149. The molecular weight excluding hydrogens is 204 g/mol. The van der Waals surface area contributed by atoms with E-state index >= 15 is 0 Å². The van der Waals surface area contributed by atoms with Gasteiger partial charge in [0.15, 0.2) is 0 Å². The second kappa shape index (κ2) is 6.95. The second-order valence-corrected chi connectivity index (χ2v) is 3.58. The number of hydrogen-bond donors (Lipinski definition) is 1. The maximum atomic E-state index is 11.1. The van der Waals surface area contributed by atoms with E-state index in [0.717, 1.165) is 18.4 Å². The van der Waals surface area contributed by atoms with Crippen LogP contribution in [-0.2, 0) is 9.53 Å². The van der Waals surface area contributed by atoms with E-state index in [1.165, 1.54) is 0 Å². The van der Waals surface area contributed by atoms with Crippen LogP contribution in [0.1, 0.15) is 37.8 Å². The molecule has 1 unspecified atom stereocenters. The number of carbonyl (C=O) groups excluding carboxylic acids is 1. The highest BCUT2D eigenvalue weighted by Crippen LogP contribution is 2.15. The van der Waals surface area contributed by atoms with Crippen molar-refractivity contribution in [1.82, 2.24) is 4.98 Å². The molecule has 0 amide bonds. The highest BCUT2D eigenvalue weighted by atomic mass is 16.5. The Hall–Kier alpha value is -1.42. The smallest absolute Gasteiger partial charge is 0.305 e. The molecule has 0 saturated heterocycles. The molecule has 0 radical (unpaired) electrons. The van der Waals surface area contributed by atoms with Gasteiger partial charge in [0.05, 0.1) is 6.61 Å². The summed E-state index contributed by atoms with van der Waals surface area (Å²) in [6.45, 7) is 2.25. The monoisotopic (exact) mass is 222 g/mol. The van der Waals surface area contributed by atoms with Crippen LogP contribution in [0, 0.1) is 0 Å². The zero-order chi connectivity index (χ0) is 11.8. The maximum Gasteiger partial charge on any atom is 0.305 e. The molecule has 88 valence electrons. The molecule has 0 saturated carbocycles. The van der Waals surface area contributed by atoms with Crippen molar-refractivity contribution in [3.05, 3.63) is 30.1 Å². The lowest BCUT2D eigenvalue weighted by atomic mass is 10.0. The van der Waals surface area contributed by atoms with Gasteiger partial charge in [-0.2, -0.15) is 0 Å². The van der Waals surface area contributed by atoms with E-state index in [9.17, 15) is 4.79 Å². The molecule has 1 atom stereocenters. The summed E-state index contributed by atoms with van der Waals surface area (Å²) in [4.78, 5) is 15.0. The fraction of sp³-hybridized carbons (Fsp3) is 0.500. The van der Waals surface area contributed by atoms with Gasteiger partial charge in [-0.25, -0.2) is 0 Å². The van der Waals surface area contributed by atoms with Crippen LogP contribution in [-0.4, -0.2) is 17.6 Å². The minimum atomic E-state index is -0.149. The molecular formula is C12H18N2O2. The van der Waals surface area contributed by atoms with E-state index in [0.29, 0.717) is 13.0 Å². The first-order valence-corrected chi connectivity index (χ1v) is 5.55. The van der Waals surface area contributed by atoms with E-state index in [-0.39, 0.29) is 12.0 Å². The molecule has 0 spiro atoms. The van der Waals surface area contributed by atoms with Gasteiger partial charge in [-0.15, -0.1) is 0 Å². The lowest BCUT2D eigenvalue weighted by molar-refractivity contribution is -0.143. The molecule has 0 aliphatic carbocycles. The van der Waals surface area contributed by atoms with Crippen molar-refractivity contribution >= 4 is 5.97 Å². The van der Waals surface area contributed by atoms with Gasteiger partial charge in [0.2, 0.25) is 0 Å². The molecule has 0 bridgehead atoms. The minimum Gasteiger partial charge on any atom is -0.466 e. The first kappa shape index (κ1) is 12.6. The normalized spacial score (nSPS) is 12.1. The Morgan fingerprint density at radius 1 is 1.50 bits per heavy atom. The topological polar surface area (TPSA) is 65.2 Å². The Morgan fingerprint density at radius 2 is 2.19 bits per heavy atom. The molecule has 16 heavy (non-hydrogen) atoms. The summed E-state index contributed by atoms with van der Waals surface area (Å²) >= 11 is 0. The van der Waals surface area contributed by atoms with Gasteiger partial charge in [0.25, 0.3) is 0 Å². The standard InChI is InChI=1S/C12H18N2O2/c1-2-16-12(15)5-3-4-11(13)10-6-8-14-9-7-10/h6-9,11H,2-5,13H2,1H3. The quantitative estimate of drug-likeness (QED) is 0.745. The SMILES string of the molecule is CCOC(=O)CCCC(N)c1ccncc1. The third kappa shape index (κ3) is 4.40. The highest BCUT2D eigenvalue weighted by molar-refractivity contribution is 5.69. The zero-order valence-corrected chi connectivity index (χ0v) is 9.56. The van der Waals surface area contributed by atoms with Gasteiger partial charge in [-0.1, -0.05) is 0 Å². The average molecular weight is 222 g/mol. The molecule has 0 aromatic carbocycles. The van der Waals surface area contributed by atoms with Crippen molar-refractivity contribution in [3.63, 3.8) is 0 Å². The molecule has 1 aromatic rings. The van der Waals surface area contributed by atoms with Crippen molar-refractivity contribution in [2.75, 3.05) is 6.61 Å². The van der Waals surface area contributed by atoms with E-state index in [1.807, 2.05) is 12.1 Å². The van der Waals surface area contributed by atoms with Gasteiger partial charge >= 0.3 is 5.97 Å². The third-order valence-electron chi connectivity index (χ3n) is 2.34. The average Bonchev–Trinajstić information content (AvgIpc) is 2.30. The largest absolute Gasteiger partial charge is 0.466 e. The number of hydrogen-bond acceptors (Lipinski definition) is 4. The lowest BCUT2D eigenvalue weighted by Gasteiger charge is -2.10. The Bertz CT molecular complexity index is 314.